The highest BCUT2D eigenvalue weighted by molar-refractivity contribution is 6.30. The summed E-state index contributed by atoms with van der Waals surface area (Å²) in [4.78, 5) is 21.3. The van der Waals surface area contributed by atoms with Crippen molar-refractivity contribution in [2.45, 2.75) is 24.6 Å². The standard InChI is InChI=1S/C17H19ClN4O2/c18-12-3-1-11(2-4-12)15-9-22-8-13(7-14(22)10-24-15)21-17(23)16-19-5-6-20-16/h1-6,13-15H,7-10H2,(H,19,20)(H,21,23)/t13-,14+,15-/m1/s1. The van der Waals surface area contributed by atoms with Crippen LogP contribution in [0.3, 0.4) is 0 Å². The summed E-state index contributed by atoms with van der Waals surface area (Å²) in [5.74, 6) is 0.204. The lowest BCUT2D eigenvalue weighted by Gasteiger charge is -2.35. The smallest absolute Gasteiger partial charge is 0.287 e. The molecule has 6 nitrogen and oxygen atoms in total. The molecule has 24 heavy (non-hydrogen) atoms. The molecule has 2 aliphatic rings. The first-order valence-corrected chi connectivity index (χ1v) is 8.48. The minimum absolute atomic E-state index is 0.0537. The van der Waals surface area contributed by atoms with E-state index in [1.807, 2.05) is 24.3 Å². The summed E-state index contributed by atoms with van der Waals surface area (Å²) in [5, 5.41) is 3.78. The molecule has 2 aliphatic heterocycles. The lowest BCUT2D eigenvalue weighted by Crippen LogP contribution is -2.43. The number of imidazole rings is 1. The Labute approximate surface area is 145 Å². The number of rotatable bonds is 3. The number of amides is 1. The van der Waals surface area contributed by atoms with Crippen LogP contribution in [0.2, 0.25) is 5.02 Å². The highest BCUT2D eigenvalue weighted by atomic mass is 35.5. The Kier molecular flexibility index (Phi) is 4.26. The van der Waals surface area contributed by atoms with Gasteiger partial charge in [-0.05, 0) is 24.1 Å². The van der Waals surface area contributed by atoms with E-state index in [2.05, 4.69) is 20.2 Å². The van der Waals surface area contributed by atoms with Gasteiger partial charge in [0.15, 0.2) is 5.82 Å². The van der Waals surface area contributed by atoms with Crippen molar-refractivity contribution in [1.82, 2.24) is 20.2 Å². The van der Waals surface area contributed by atoms with Crippen molar-refractivity contribution in [1.29, 1.82) is 0 Å². The predicted molar refractivity (Wildman–Crippen MR) is 90.0 cm³/mol. The van der Waals surface area contributed by atoms with Crippen LogP contribution in [0.5, 0.6) is 0 Å². The van der Waals surface area contributed by atoms with Crippen LogP contribution < -0.4 is 5.32 Å². The summed E-state index contributed by atoms with van der Waals surface area (Å²) >= 11 is 5.95. The fourth-order valence-corrected chi connectivity index (χ4v) is 3.63. The molecule has 0 bridgehead atoms. The zero-order valence-corrected chi connectivity index (χ0v) is 13.9. The maximum Gasteiger partial charge on any atom is 0.287 e. The fraction of sp³-hybridized carbons (Fsp3) is 0.412. The maximum atomic E-state index is 12.1. The van der Waals surface area contributed by atoms with Crippen LogP contribution in [-0.2, 0) is 4.74 Å². The number of fused-ring (bicyclic) bond motifs is 1. The number of nitrogens with one attached hydrogen (secondary N) is 2. The van der Waals surface area contributed by atoms with Gasteiger partial charge in [-0.15, -0.1) is 0 Å². The molecule has 2 saturated heterocycles. The number of carbonyl (C=O) groups excluding carboxylic acids is 1. The van der Waals surface area contributed by atoms with Crippen LogP contribution in [0.15, 0.2) is 36.7 Å². The molecule has 0 saturated carbocycles. The number of morpholine rings is 1. The average molecular weight is 347 g/mol. The molecule has 0 unspecified atom stereocenters. The van der Waals surface area contributed by atoms with Crippen LogP contribution in [0.25, 0.3) is 0 Å². The quantitative estimate of drug-likeness (QED) is 0.892. The van der Waals surface area contributed by atoms with Gasteiger partial charge in [-0.2, -0.15) is 0 Å². The molecule has 3 heterocycles. The van der Waals surface area contributed by atoms with E-state index in [9.17, 15) is 4.79 Å². The van der Waals surface area contributed by atoms with Crippen LogP contribution in [-0.4, -0.2) is 52.6 Å². The predicted octanol–water partition coefficient (Wildman–Crippen LogP) is 2.01. The normalized spacial score (nSPS) is 27.0. The van der Waals surface area contributed by atoms with E-state index < -0.39 is 0 Å². The van der Waals surface area contributed by atoms with Gasteiger partial charge in [0.1, 0.15) is 0 Å². The van der Waals surface area contributed by atoms with E-state index in [1.165, 1.54) is 0 Å². The van der Waals surface area contributed by atoms with E-state index in [4.69, 9.17) is 16.3 Å². The third kappa shape index (κ3) is 3.17. The minimum Gasteiger partial charge on any atom is -0.371 e. The van der Waals surface area contributed by atoms with E-state index in [1.54, 1.807) is 12.4 Å². The van der Waals surface area contributed by atoms with Gasteiger partial charge in [0.25, 0.3) is 5.91 Å². The SMILES string of the molecule is O=C(N[C@@H]1C[C@H]2CO[C@@H](c3ccc(Cl)cc3)CN2C1)c1ncc[nH]1. The first kappa shape index (κ1) is 15.6. The van der Waals surface area contributed by atoms with E-state index in [0.29, 0.717) is 18.5 Å². The van der Waals surface area contributed by atoms with Crippen LogP contribution in [0.4, 0.5) is 0 Å². The monoisotopic (exact) mass is 346 g/mol. The van der Waals surface area contributed by atoms with Gasteiger partial charge < -0.3 is 15.0 Å². The number of ether oxygens (including phenoxy) is 1. The first-order chi connectivity index (χ1) is 11.7. The number of aromatic amines is 1. The van der Waals surface area contributed by atoms with Crippen molar-refractivity contribution < 1.29 is 9.53 Å². The Morgan fingerprint density at radius 2 is 2.17 bits per heavy atom. The van der Waals surface area contributed by atoms with Crippen LogP contribution in [0, 0.1) is 0 Å². The van der Waals surface area contributed by atoms with E-state index >= 15 is 0 Å². The van der Waals surface area contributed by atoms with Gasteiger partial charge in [0.2, 0.25) is 0 Å². The Hall–Kier alpha value is -1.89. The number of halogens is 1. The Bertz CT molecular complexity index is 704. The van der Waals surface area contributed by atoms with Crippen molar-refractivity contribution in [2.24, 2.45) is 0 Å². The zero-order valence-electron chi connectivity index (χ0n) is 13.1. The topological polar surface area (TPSA) is 70.2 Å². The highest BCUT2D eigenvalue weighted by Gasteiger charge is 2.38. The molecule has 0 radical (unpaired) electrons. The number of nitrogens with zero attached hydrogens (tertiary/aromatic N) is 2. The second-order valence-corrected chi connectivity index (χ2v) is 6.76. The second kappa shape index (κ2) is 6.55. The van der Waals surface area contributed by atoms with Crippen molar-refractivity contribution in [3.8, 4) is 0 Å². The largest absolute Gasteiger partial charge is 0.371 e. The number of carbonyl (C=O) groups is 1. The van der Waals surface area contributed by atoms with Crippen molar-refractivity contribution in [2.75, 3.05) is 19.7 Å². The van der Waals surface area contributed by atoms with Gasteiger partial charge in [-0.1, -0.05) is 23.7 Å². The summed E-state index contributed by atoms with van der Waals surface area (Å²) in [6.45, 7) is 2.35. The molecule has 3 atom stereocenters. The molecular weight excluding hydrogens is 328 g/mol. The summed E-state index contributed by atoms with van der Waals surface area (Å²) in [5.41, 5.74) is 1.14. The number of benzene rings is 1. The molecule has 0 aliphatic carbocycles. The van der Waals surface area contributed by atoms with Gasteiger partial charge in [0, 0.05) is 42.6 Å². The lowest BCUT2D eigenvalue weighted by molar-refractivity contribution is -0.0502. The number of hydrogen-bond acceptors (Lipinski definition) is 4. The molecule has 4 rings (SSSR count). The molecule has 7 heteroatoms. The summed E-state index contributed by atoms with van der Waals surface area (Å²) < 4.78 is 6.03. The first-order valence-electron chi connectivity index (χ1n) is 8.10. The Morgan fingerprint density at radius 3 is 2.92 bits per heavy atom. The zero-order chi connectivity index (χ0) is 16.5. The molecule has 1 aromatic heterocycles. The maximum absolute atomic E-state index is 12.1. The molecule has 2 aromatic rings. The third-order valence-electron chi connectivity index (χ3n) is 4.71. The van der Waals surface area contributed by atoms with Gasteiger partial charge >= 0.3 is 0 Å². The van der Waals surface area contributed by atoms with Gasteiger partial charge in [0.05, 0.1) is 12.7 Å². The number of H-pyrrole nitrogens is 1. The van der Waals surface area contributed by atoms with Crippen molar-refractivity contribution in [3.05, 3.63) is 53.1 Å². The van der Waals surface area contributed by atoms with Gasteiger partial charge in [-0.25, -0.2) is 4.98 Å². The molecule has 2 N–H and O–H groups in total. The summed E-state index contributed by atoms with van der Waals surface area (Å²) in [6, 6.07) is 8.29. The fourth-order valence-electron chi connectivity index (χ4n) is 3.50. The van der Waals surface area contributed by atoms with Crippen LogP contribution in [0.1, 0.15) is 28.7 Å². The lowest BCUT2D eigenvalue weighted by atomic mass is 10.1. The Balaban J connectivity index is 1.37. The highest BCUT2D eigenvalue weighted by Crippen LogP contribution is 2.30. The third-order valence-corrected chi connectivity index (χ3v) is 4.96. The van der Waals surface area contributed by atoms with Crippen molar-refractivity contribution >= 4 is 17.5 Å². The molecule has 1 aromatic carbocycles. The molecular formula is C17H19ClN4O2. The van der Waals surface area contributed by atoms with Gasteiger partial charge in [-0.3, -0.25) is 9.69 Å². The number of hydrogen-bond donors (Lipinski definition) is 2. The molecule has 1 amide bonds. The molecule has 126 valence electrons. The average Bonchev–Trinajstić information content (AvgIpc) is 3.24. The Morgan fingerprint density at radius 1 is 1.33 bits per heavy atom. The van der Waals surface area contributed by atoms with E-state index in [-0.39, 0.29) is 18.1 Å². The summed E-state index contributed by atoms with van der Waals surface area (Å²) in [6.07, 6.45) is 4.19. The second-order valence-electron chi connectivity index (χ2n) is 6.33. The molecule has 2 fully saturated rings. The van der Waals surface area contributed by atoms with Crippen molar-refractivity contribution in [3.63, 3.8) is 0 Å². The molecule has 0 spiro atoms. The van der Waals surface area contributed by atoms with E-state index in [0.717, 1.165) is 30.1 Å². The number of aromatic nitrogens is 2. The minimum atomic E-state index is -0.153. The summed E-state index contributed by atoms with van der Waals surface area (Å²) in [7, 11) is 0. The van der Waals surface area contributed by atoms with Crippen LogP contribution >= 0.6 is 11.6 Å².